The van der Waals surface area contributed by atoms with Crippen molar-refractivity contribution in [2.45, 2.75) is 37.3 Å². The van der Waals surface area contributed by atoms with Crippen LogP contribution in [-0.2, 0) is 15.7 Å². The Labute approximate surface area is 172 Å². The summed E-state index contributed by atoms with van der Waals surface area (Å²) in [7, 11) is 0. The van der Waals surface area contributed by atoms with Gasteiger partial charge in [-0.05, 0) is 36.6 Å². The first kappa shape index (κ1) is 20.7. The van der Waals surface area contributed by atoms with E-state index in [1.165, 1.54) is 12.1 Å². The summed E-state index contributed by atoms with van der Waals surface area (Å²) in [5.41, 5.74) is 6.74. The van der Waals surface area contributed by atoms with Crippen molar-refractivity contribution < 1.29 is 22.7 Å². The van der Waals surface area contributed by atoms with Crippen molar-refractivity contribution in [1.29, 1.82) is 0 Å². The van der Waals surface area contributed by atoms with Gasteiger partial charge in [0, 0.05) is 23.7 Å². The van der Waals surface area contributed by atoms with E-state index >= 15 is 0 Å². The van der Waals surface area contributed by atoms with Crippen molar-refractivity contribution in [1.82, 2.24) is 5.32 Å². The SMILES string of the molecule is NC(=O)CNC[C@H]1CC[C@@H]2[C@H](O1)c1cc(C(F)(F)F)ccc1N[C@H]2c1ccccc1. The minimum atomic E-state index is -4.42. The summed E-state index contributed by atoms with van der Waals surface area (Å²) < 4.78 is 46.3. The molecule has 2 aromatic rings. The van der Waals surface area contributed by atoms with Gasteiger partial charge in [0.2, 0.25) is 5.91 Å². The van der Waals surface area contributed by atoms with E-state index in [0.29, 0.717) is 17.8 Å². The molecule has 0 aliphatic carbocycles. The minimum absolute atomic E-state index is 0.00391. The van der Waals surface area contributed by atoms with Crippen molar-refractivity contribution in [2.24, 2.45) is 11.7 Å². The third-order valence-electron chi connectivity index (χ3n) is 5.80. The van der Waals surface area contributed by atoms with E-state index in [1.54, 1.807) is 0 Å². The van der Waals surface area contributed by atoms with Crippen LogP contribution < -0.4 is 16.4 Å². The molecule has 1 amide bonds. The van der Waals surface area contributed by atoms with Crippen LogP contribution >= 0.6 is 0 Å². The summed E-state index contributed by atoms with van der Waals surface area (Å²) in [4.78, 5) is 11.0. The molecule has 4 rings (SSSR count). The van der Waals surface area contributed by atoms with Gasteiger partial charge in [0.25, 0.3) is 0 Å². The van der Waals surface area contributed by atoms with Gasteiger partial charge in [-0.2, -0.15) is 13.2 Å². The Morgan fingerprint density at radius 1 is 1.17 bits per heavy atom. The fourth-order valence-corrected chi connectivity index (χ4v) is 4.43. The fourth-order valence-electron chi connectivity index (χ4n) is 4.43. The normalized spacial score (nSPS) is 25.7. The van der Waals surface area contributed by atoms with Crippen molar-refractivity contribution in [3.05, 3.63) is 65.2 Å². The van der Waals surface area contributed by atoms with E-state index in [4.69, 9.17) is 10.5 Å². The molecule has 5 nitrogen and oxygen atoms in total. The Kier molecular flexibility index (Phi) is 5.71. The molecule has 1 fully saturated rings. The highest BCUT2D eigenvalue weighted by atomic mass is 19.4. The summed E-state index contributed by atoms with van der Waals surface area (Å²) in [5.74, 6) is -0.467. The number of hydrogen-bond acceptors (Lipinski definition) is 4. The van der Waals surface area contributed by atoms with Crippen LogP contribution in [0.3, 0.4) is 0 Å². The first-order valence-corrected chi connectivity index (χ1v) is 10.00. The molecule has 0 unspecified atom stereocenters. The number of primary amides is 1. The third kappa shape index (κ3) is 4.29. The zero-order valence-electron chi connectivity index (χ0n) is 16.3. The number of nitrogens with two attached hydrogens (primary N) is 1. The molecular weight excluding hydrogens is 395 g/mol. The van der Waals surface area contributed by atoms with Crippen LogP contribution in [0.25, 0.3) is 0 Å². The lowest BCUT2D eigenvalue weighted by Gasteiger charge is -2.46. The third-order valence-corrected chi connectivity index (χ3v) is 5.80. The van der Waals surface area contributed by atoms with E-state index < -0.39 is 23.8 Å². The number of fused-ring (bicyclic) bond motifs is 3. The Morgan fingerprint density at radius 3 is 2.63 bits per heavy atom. The van der Waals surface area contributed by atoms with Gasteiger partial charge in [0.15, 0.2) is 0 Å². The zero-order chi connectivity index (χ0) is 21.3. The highest BCUT2D eigenvalue weighted by Gasteiger charge is 2.43. The Hall–Kier alpha value is -2.58. The number of alkyl halides is 3. The van der Waals surface area contributed by atoms with E-state index in [2.05, 4.69) is 10.6 Å². The average molecular weight is 419 g/mol. The molecule has 0 saturated carbocycles. The number of carbonyl (C=O) groups is 1. The van der Waals surface area contributed by atoms with E-state index in [-0.39, 0.29) is 24.6 Å². The second-order valence-electron chi connectivity index (χ2n) is 7.85. The standard InChI is InChI=1S/C22H24F3N3O2/c23-22(24,25)14-6-9-18-17(10-14)21-16(20(28-18)13-4-2-1-3-5-13)8-7-15(30-21)11-27-12-19(26)29/h1-6,9-10,15-16,20-21,27-28H,7-8,11-12H2,(H2,26,29)/t15-,16+,20+,21+/m1/s1. The number of carbonyl (C=O) groups excluding carboxylic acids is 1. The summed E-state index contributed by atoms with van der Waals surface area (Å²) in [5, 5.41) is 6.40. The smallest absolute Gasteiger partial charge is 0.378 e. The summed E-state index contributed by atoms with van der Waals surface area (Å²) in [6.07, 6.45) is -3.56. The predicted octanol–water partition coefficient (Wildman–Crippen LogP) is 3.78. The van der Waals surface area contributed by atoms with Crippen molar-refractivity contribution in [3.8, 4) is 0 Å². The molecule has 30 heavy (non-hydrogen) atoms. The molecule has 0 aromatic heterocycles. The summed E-state index contributed by atoms with van der Waals surface area (Å²) in [6, 6.07) is 13.6. The maximum absolute atomic E-state index is 13.3. The highest BCUT2D eigenvalue weighted by Crippen LogP contribution is 2.51. The molecule has 0 bridgehead atoms. The quantitative estimate of drug-likeness (QED) is 0.689. The van der Waals surface area contributed by atoms with Crippen molar-refractivity contribution in [2.75, 3.05) is 18.4 Å². The highest BCUT2D eigenvalue weighted by molar-refractivity contribution is 5.75. The Balaban J connectivity index is 1.65. The van der Waals surface area contributed by atoms with Crippen molar-refractivity contribution >= 4 is 11.6 Å². The number of nitrogens with one attached hydrogen (secondary N) is 2. The number of hydrogen-bond donors (Lipinski definition) is 3. The molecule has 2 heterocycles. The number of halogens is 3. The topological polar surface area (TPSA) is 76.4 Å². The van der Waals surface area contributed by atoms with Gasteiger partial charge in [-0.3, -0.25) is 4.79 Å². The summed E-state index contributed by atoms with van der Waals surface area (Å²) >= 11 is 0. The van der Waals surface area contributed by atoms with Crippen LogP contribution in [0.1, 0.15) is 41.7 Å². The Bertz CT molecular complexity index is 904. The fraction of sp³-hybridized carbons (Fsp3) is 0.409. The van der Waals surface area contributed by atoms with Gasteiger partial charge < -0.3 is 21.1 Å². The molecular formula is C22H24F3N3O2. The molecule has 2 aliphatic rings. The molecule has 2 aromatic carbocycles. The van der Waals surface area contributed by atoms with Crippen LogP contribution in [-0.4, -0.2) is 25.1 Å². The van der Waals surface area contributed by atoms with E-state index in [1.807, 2.05) is 30.3 Å². The molecule has 1 saturated heterocycles. The molecule has 160 valence electrons. The van der Waals surface area contributed by atoms with Crippen LogP contribution in [0.5, 0.6) is 0 Å². The number of amides is 1. The number of rotatable bonds is 5. The van der Waals surface area contributed by atoms with E-state index in [0.717, 1.165) is 24.5 Å². The maximum Gasteiger partial charge on any atom is 0.416 e. The van der Waals surface area contributed by atoms with Gasteiger partial charge in [0.05, 0.1) is 30.4 Å². The first-order chi connectivity index (χ1) is 14.3. The molecule has 2 aliphatic heterocycles. The zero-order valence-corrected chi connectivity index (χ0v) is 16.3. The van der Waals surface area contributed by atoms with Gasteiger partial charge in [-0.1, -0.05) is 30.3 Å². The first-order valence-electron chi connectivity index (χ1n) is 10.00. The lowest BCUT2D eigenvalue weighted by Crippen LogP contribution is -2.43. The van der Waals surface area contributed by atoms with Crippen LogP contribution in [0, 0.1) is 5.92 Å². The molecule has 8 heteroatoms. The van der Waals surface area contributed by atoms with Gasteiger partial charge in [0.1, 0.15) is 0 Å². The Morgan fingerprint density at radius 2 is 1.93 bits per heavy atom. The van der Waals surface area contributed by atoms with Crippen molar-refractivity contribution in [3.63, 3.8) is 0 Å². The average Bonchev–Trinajstić information content (AvgIpc) is 2.72. The van der Waals surface area contributed by atoms with Crippen LogP contribution in [0.15, 0.2) is 48.5 Å². The van der Waals surface area contributed by atoms with Crippen LogP contribution in [0.4, 0.5) is 18.9 Å². The molecule has 0 radical (unpaired) electrons. The van der Waals surface area contributed by atoms with Gasteiger partial charge in [-0.25, -0.2) is 0 Å². The lowest BCUT2D eigenvalue weighted by atomic mass is 9.76. The monoisotopic (exact) mass is 419 g/mol. The van der Waals surface area contributed by atoms with Crippen LogP contribution in [0.2, 0.25) is 0 Å². The largest absolute Gasteiger partial charge is 0.416 e. The number of benzene rings is 2. The van der Waals surface area contributed by atoms with E-state index in [9.17, 15) is 18.0 Å². The number of anilines is 1. The number of ether oxygens (including phenoxy) is 1. The predicted molar refractivity (Wildman–Crippen MR) is 107 cm³/mol. The second-order valence-corrected chi connectivity index (χ2v) is 7.85. The summed E-state index contributed by atoms with van der Waals surface area (Å²) in [6.45, 7) is 0.459. The molecule has 4 N–H and O–H groups in total. The minimum Gasteiger partial charge on any atom is -0.378 e. The lowest BCUT2D eigenvalue weighted by molar-refractivity contribution is -0.138. The molecule has 4 atom stereocenters. The maximum atomic E-state index is 13.3. The van der Waals surface area contributed by atoms with Gasteiger partial charge in [-0.15, -0.1) is 0 Å². The second kappa shape index (κ2) is 8.28. The van der Waals surface area contributed by atoms with Gasteiger partial charge >= 0.3 is 6.18 Å². The molecule has 0 spiro atoms.